The highest BCUT2D eigenvalue weighted by molar-refractivity contribution is 6.05. The SMILES string of the molecule is O=C1CCC(N2Cc3cc(OCCCCCCNC(=O)c4ccc5nccn5c4)ccc3C2=O)C(=O)N1. The minimum Gasteiger partial charge on any atom is -0.494 e. The monoisotopic (exact) mass is 503 g/mol. The Balaban J connectivity index is 0.998. The molecular weight excluding hydrogens is 474 g/mol. The topological polar surface area (TPSA) is 122 Å². The summed E-state index contributed by atoms with van der Waals surface area (Å²) in [5.74, 6) is -0.298. The van der Waals surface area contributed by atoms with E-state index in [1.54, 1.807) is 30.6 Å². The largest absolute Gasteiger partial charge is 0.494 e. The second-order valence-corrected chi connectivity index (χ2v) is 9.35. The van der Waals surface area contributed by atoms with Crippen molar-refractivity contribution in [2.75, 3.05) is 13.2 Å². The molecule has 2 N–H and O–H groups in total. The second kappa shape index (κ2) is 10.8. The van der Waals surface area contributed by atoms with Gasteiger partial charge in [-0.25, -0.2) is 4.98 Å². The smallest absolute Gasteiger partial charge is 0.255 e. The van der Waals surface area contributed by atoms with Crippen LogP contribution in [0.3, 0.4) is 0 Å². The second-order valence-electron chi connectivity index (χ2n) is 9.35. The average molecular weight is 504 g/mol. The standard InChI is InChI=1S/C27H29N5O5/c33-24-10-8-22(26(35)30-24)32-17-19-15-20(6-7-21(19)27(32)36)37-14-4-2-1-3-11-29-25(34)18-5-9-23-28-12-13-31(23)16-18/h5-7,9,12-13,15-16,22H,1-4,8,10-11,14,17H2,(H,29,34)(H,30,33,35). The molecule has 1 aromatic carbocycles. The van der Waals surface area contributed by atoms with Gasteiger partial charge in [0.2, 0.25) is 11.8 Å². The number of hydrogen-bond acceptors (Lipinski definition) is 6. The van der Waals surface area contributed by atoms with Crippen molar-refractivity contribution in [1.82, 2.24) is 24.9 Å². The fourth-order valence-electron chi connectivity index (χ4n) is 4.77. The molecule has 4 heterocycles. The molecule has 1 atom stereocenters. The molecule has 4 amide bonds. The Morgan fingerprint density at radius 3 is 2.84 bits per heavy atom. The summed E-state index contributed by atoms with van der Waals surface area (Å²) in [6.07, 6.45) is 9.58. The van der Waals surface area contributed by atoms with Gasteiger partial charge in [0.15, 0.2) is 0 Å². The fourth-order valence-corrected chi connectivity index (χ4v) is 4.77. The normalized spacial score (nSPS) is 17.1. The Morgan fingerprint density at radius 1 is 1.11 bits per heavy atom. The van der Waals surface area contributed by atoms with Crippen molar-refractivity contribution in [3.63, 3.8) is 0 Å². The van der Waals surface area contributed by atoms with E-state index in [-0.39, 0.29) is 24.1 Å². The van der Waals surface area contributed by atoms with E-state index in [0.29, 0.717) is 43.0 Å². The third-order valence-electron chi connectivity index (χ3n) is 6.77. The number of ether oxygens (including phenoxy) is 1. The van der Waals surface area contributed by atoms with Crippen LogP contribution in [-0.2, 0) is 16.1 Å². The molecule has 10 heteroatoms. The number of carbonyl (C=O) groups is 4. The van der Waals surface area contributed by atoms with Crippen LogP contribution in [0, 0.1) is 0 Å². The predicted octanol–water partition coefficient (Wildman–Crippen LogP) is 2.46. The number of carbonyl (C=O) groups excluding carboxylic acids is 4. The van der Waals surface area contributed by atoms with Crippen LogP contribution in [0.25, 0.3) is 5.65 Å². The number of nitrogens with zero attached hydrogens (tertiary/aromatic N) is 3. The fraction of sp³-hybridized carbons (Fsp3) is 0.370. The Kier molecular flexibility index (Phi) is 7.16. The molecule has 2 aromatic heterocycles. The molecule has 0 aliphatic carbocycles. The van der Waals surface area contributed by atoms with Crippen LogP contribution in [0.1, 0.15) is 64.8 Å². The van der Waals surface area contributed by atoms with Crippen LogP contribution in [0.5, 0.6) is 5.75 Å². The first-order chi connectivity index (χ1) is 18.0. The maximum absolute atomic E-state index is 12.8. The van der Waals surface area contributed by atoms with Gasteiger partial charge in [0, 0.05) is 43.7 Å². The van der Waals surface area contributed by atoms with Crippen LogP contribution in [0.4, 0.5) is 0 Å². The van der Waals surface area contributed by atoms with E-state index in [4.69, 9.17) is 4.74 Å². The summed E-state index contributed by atoms with van der Waals surface area (Å²) in [5.41, 5.74) is 2.82. The van der Waals surface area contributed by atoms with Gasteiger partial charge < -0.3 is 19.4 Å². The molecular formula is C27H29N5O5. The van der Waals surface area contributed by atoms with E-state index in [1.807, 2.05) is 22.7 Å². The molecule has 0 saturated carbocycles. The number of piperidine rings is 1. The van der Waals surface area contributed by atoms with E-state index in [1.165, 1.54) is 4.90 Å². The lowest BCUT2D eigenvalue weighted by atomic mass is 10.0. The number of imidazole rings is 1. The van der Waals surface area contributed by atoms with Gasteiger partial charge in [0.25, 0.3) is 11.8 Å². The molecule has 5 rings (SSSR count). The van der Waals surface area contributed by atoms with Gasteiger partial charge in [-0.3, -0.25) is 24.5 Å². The first-order valence-corrected chi connectivity index (χ1v) is 12.6. The number of benzene rings is 1. The van der Waals surface area contributed by atoms with Gasteiger partial charge in [-0.2, -0.15) is 0 Å². The van der Waals surface area contributed by atoms with Crippen molar-refractivity contribution in [1.29, 1.82) is 0 Å². The Hall–Kier alpha value is -4.21. The van der Waals surface area contributed by atoms with Crippen molar-refractivity contribution in [3.05, 3.63) is 65.6 Å². The van der Waals surface area contributed by atoms with Crippen molar-refractivity contribution >= 4 is 29.3 Å². The zero-order chi connectivity index (χ0) is 25.8. The number of rotatable bonds is 10. The molecule has 2 aliphatic rings. The van der Waals surface area contributed by atoms with Crippen LogP contribution < -0.4 is 15.4 Å². The summed E-state index contributed by atoms with van der Waals surface area (Å²) in [4.78, 5) is 54.4. The Bertz CT molecular complexity index is 1350. The van der Waals surface area contributed by atoms with Crippen LogP contribution in [-0.4, -0.2) is 57.1 Å². The van der Waals surface area contributed by atoms with E-state index >= 15 is 0 Å². The van der Waals surface area contributed by atoms with Crippen molar-refractivity contribution in [2.24, 2.45) is 0 Å². The highest BCUT2D eigenvalue weighted by Gasteiger charge is 2.39. The van der Waals surface area contributed by atoms with Gasteiger partial charge >= 0.3 is 0 Å². The first kappa shape index (κ1) is 24.5. The number of nitrogens with one attached hydrogen (secondary N) is 2. The number of hydrogen-bond donors (Lipinski definition) is 2. The highest BCUT2D eigenvalue weighted by Crippen LogP contribution is 2.30. The number of aromatic nitrogens is 2. The Morgan fingerprint density at radius 2 is 1.97 bits per heavy atom. The van der Waals surface area contributed by atoms with E-state index in [9.17, 15) is 19.2 Å². The number of amides is 4. The summed E-state index contributed by atoms with van der Waals surface area (Å²) in [5, 5.41) is 5.27. The Labute approximate surface area is 214 Å². The van der Waals surface area contributed by atoms with Crippen molar-refractivity contribution < 1.29 is 23.9 Å². The molecule has 0 bridgehead atoms. The molecule has 192 valence electrons. The number of fused-ring (bicyclic) bond motifs is 2. The molecule has 0 spiro atoms. The van der Waals surface area contributed by atoms with Gasteiger partial charge in [-0.1, -0.05) is 12.8 Å². The highest BCUT2D eigenvalue weighted by atomic mass is 16.5. The summed E-state index contributed by atoms with van der Waals surface area (Å²) in [7, 11) is 0. The summed E-state index contributed by atoms with van der Waals surface area (Å²) < 4.78 is 7.70. The third-order valence-corrected chi connectivity index (χ3v) is 6.77. The summed E-state index contributed by atoms with van der Waals surface area (Å²) in [6.45, 7) is 1.50. The van der Waals surface area contributed by atoms with E-state index in [2.05, 4.69) is 15.6 Å². The molecule has 0 radical (unpaired) electrons. The first-order valence-electron chi connectivity index (χ1n) is 12.6. The maximum atomic E-state index is 12.8. The zero-order valence-electron chi connectivity index (χ0n) is 20.4. The molecule has 1 unspecified atom stereocenters. The average Bonchev–Trinajstić information content (AvgIpc) is 3.49. The van der Waals surface area contributed by atoms with Gasteiger partial charge in [-0.15, -0.1) is 0 Å². The molecule has 10 nitrogen and oxygen atoms in total. The van der Waals surface area contributed by atoms with Gasteiger partial charge in [0.05, 0.1) is 12.2 Å². The minimum atomic E-state index is -0.618. The van der Waals surface area contributed by atoms with E-state index in [0.717, 1.165) is 36.9 Å². The van der Waals surface area contributed by atoms with Crippen LogP contribution in [0.2, 0.25) is 0 Å². The quantitative estimate of drug-likeness (QED) is 0.324. The lowest BCUT2D eigenvalue weighted by Gasteiger charge is -2.29. The molecule has 2 aliphatic heterocycles. The summed E-state index contributed by atoms with van der Waals surface area (Å²) >= 11 is 0. The lowest BCUT2D eigenvalue weighted by molar-refractivity contribution is -0.136. The molecule has 37 heavy (non-hydrogen) atoms. The van der Waals surface area contributed by atoms with Crippen molar-refractivity contribution in [3.8, 4) is 5.75 Å². The van der Waals surface area contributed by atoms with Crippen molar-refractivity contribution in [2.45, 2.75) is 51.1 Å². The van der Waals surface area contributed by atoms with Gasteiger partial charge in [-0.05, 0) is 55.2 Å². The predicted molar refractivity (Wildman–Crippen MR) is 134 cm³/mol. The number of pyridine rings is 1. The minimum absolute atomic E-state index is 0.0924. The maximum Gasteiger partial charge on any atom is 0.255 e. The van der Waals surface area contributed by atoms with Gasteiger partial charge in [0.1, 0.15) is 17.4 Å². The zero-order valence-corrected chi connectivity index (χ0v) is 20.4. The summed E-state index contributed by atoms with van der Waals surface area (Å²) in [6, 6.07) is 8.36. The van der Waals surface area contributed by atoms with E-state index < -0.39 is 11.9 Å². The molecule has 1 saturated heterocycles. The number of imide groups is 1. The number of unbranched alkanes of at least 4 members (excludes halogenated alkanes) is 3. The van der Waals surface area contributed by atoms with Crippen LogP contribution >= 0.6 is 0 Å². The molecule has 3 aromatic rings. The lowest BCUT2D eigenvalue weighted by Crippen LogP contribution is -2.52. The van der Waals surface area contributed by atoms with Crippen LogP contribution in [0.15, 0.2) is 48.9 Å². The third kappa shape index (κ3) is 5.47. The molecule has 1 fully saturated rings.